The molecule has 12 heteroatoms. The summed E-state index contributed by atoms with van der Waals surface area (Å²) in [5.74, 6) is 0.359. The van der Waals surface area contributed by atoms with Crippen molar-refractivity contribution >= 4 is 35.2 Å². The van der Waals surface area contributed by atoms with Gasteiger partial charge < -0.3 is 30.1 Å². The van der Waals surface area contributed by atoms with Crippen LogP contribution in [0.25, 0.3) is 33.6 Å². The van der Waals surface area contributed by atoms with Gasteiger partial charge in [-0.3, -0.25) is 9.78 Å². The van der Waals surface area contributed by atoms with Gasteiger partial charge in [0.05, 0.1) is 34.6 Å². The molecule has 5 rings (SSSR count). The molecule has 252 valence electrons. The molecule has 3 N–H and O–H groups in total. The van der Waals surface area contributed by atoms with E-state index in [-0.39, 0.29) is 12.5 Å². The highest BCUT2D eigenvalue weighted by Gasteiger charge is 2.28. The van der Waals surface area contributed by atoms with E-state index in [2.05, 4.69) is 15.6 Å². The van der Waals surface area contributed by atoms with Gasteiger partial charge in [0.25, 0.3) is 5.91 Å². The van der Waals surface area contributed by atoms with Crippen LogP contribution in [0.1, 0.15) is 49.2 Å². The predicted molar refractivity (Wildman–Crippen MR) is 187 cm³/mol. The van der Waals surface area contributed by atoms with E-state index in [0.717, 1.165) is 16.7 Å². The molecule has 0 unspecified atom stereocenters. The number of hydrogen-bond donors (Lipinski definition) is 3. The van der Waals surface area contributed by atoms with Crippen LogP contribution in [0.5, 0.6) is 5.88 Å². The van der Waals surface area contributed by atoms with E-state index in [1.165, 1.54) is 0 Å². The maximum Gasteiger partial charge on any atom is 0.407 e. The lowest BCUT2D eigenvalue weighted by molar-refractivity contribution is 0.0515. The van der Waals surface area contributed by atoms with Crippen LogP contribution >= 0.6 is 23.2 Å². The third-order valence-corrected chi connectivity index (χ3v) is 8.44. The molecule has 4 aromatic rings. The van der Waals surface area contributed by atoms with Crippen molar-refractivity contribution in [2.24, 2.45) is 0 Å². The molecule has 48 heavy (non-hydrogen) atoms. The van der Waals surface area contributed by atoms with Crippen LogP contribution in [-0.4, -0.2) is 70.4 Å². The Morgan fingerprint density at radius 2 is 1.79 bits per heavy atom. The molecule has 2 aromatic heterocycles. The van der Waals surface area contributed by atoms with Gasteiger partial charge in [-0.15, -0.1) is 0 Å². The number of aliphatic hydroxyl groups is 1. The van der Waals surface area contributed by atoms with E-state index < -0.39 is 17.8 Å². The molecule has 1 aliphatic rings. The highest BCUT2D eigenvalue weighted by molar-refractivity contribution is 6.39. The Kier molecular flexibility index (Phi) is 10.9. The number of carbonyl (C=O) groups excluding carboxylic acids is 2. The maximum atomic E-state index is 13.1. The molecule has 1 atom stereocenters. The largest absolute Gasteiger partial charge is 0.481 e. The second-order valence-electron chi connectivity index (χ2n) is 12.6. The highest BCUT2D eigenvalue weighted by Crippen LogP contribution is 2.42. The fraction of sp³-hybridized carbons (Fsp3) is 0.333. The minimum Gasteiger partial charge on any atom is -0.481 e. The summed E-state index contributed by atoms with van der Waals surface area (Å²) in [5, 5.41) is 16.3. The number of amides is 2. The Morgan fingerprint density at radius 1 is 1.04 bits per heavy atom. The zero-order valence-corrected chi connectivity index (χ0v) is 29.1. The number of fused-ring (bicyclic) bond motifs is 1. The summed E-state index contributed by atoms with van der Waals surface area (Å²) in [6.07, 6.45) is 0.698. The third-order valence-electron chi connectivity index (χ3n) is 7.65. The number of methoxy groups -OCH3 is 1. The summed E-state index contributed by atoms with van der Waals surface area (Å²) in [4.78, 5) is 36.1. The molecule has 1 aliphatic heterocycles. The first-order chi connectivity index (χ1) is 22.9. The van der Waals surface area contributed by atoms with E-state index in [9.17, 15) is 14.7 Å². The summed E-state index contributed by atoms with van der Waals surface area (Å²) >= 11 is 14.1. The predicted octanol–water partition coefficient (Wildman–Crippen LogP) is 6.74. The van der Waals surface area contributed by atoms with E-state index in [0.29, 0.717) is 75.7 Å². The quantitative estimate of drug-likeness (QED) is 0.158. The molecule has 0 bridgehead atoms. The minimum absolute atomic E-state index is 0.103. The summed E-state index contributed by atoms with van der Waals surface area (Å²) in [6.45, 7) is 9.06. The van der Waals surface area contributed by atoms with Gasteiger partial charge in [-0.25, -0.2) is 9.78 Å². The number of aliphatic hydroxyl groups excluding tert-OH is 1. The number of rotatable bonds is 11. The Labute approximate surface area is 290 Å². The fourth-order valence-corrected chi connectivity index (χ4v) is 6.10. The van der Waals surface area contributed by atoms with Crippen LogP contribution in [0.4, 0.5) is 4.79 Å². The first-order valence-electron chi connectivity index (χ1n) is 15.6. The molecule has 3 heterocycles. The van der Waals surface area contributed by atoms with Crippen molar-refractivity contribution in [3.63, 3.8) is 0 Å². The number of aromatic nitrogens is 2. The first kappa shape index (κ1) is 35.1. The maximum absolute atomic E-state index is 13.1. The van der Waals surface area contributed by atoms with E-state index >= 15 is 0 Å². The first-order valence-corrected chi connectivity index (χ1v) is 16.4. The summed E-state index contributed by atoms with van der Waals surface area (Å²) < 4.78 is 10.8. The monoisotopic (exact) mass is 691 g/mol. The number of halogens is 2. The van der Waals surface area contributed by atoms with Gasteiger partial charge in [-0.1, -0.05) is 53.5 Å². The van der Waals surface area contributed by atoms with E-state index in [1.54, 1.807) is 52.0 Å². The number of nitrogens with one attached hydrogen (secondary N) is 2. The van der Waals surface area contributed by atoms with Gasteiger partial charge >= 0.3 is 6.09 Å². The van der Waals surface area contributed by atoms with Gasteiger partial charge in [0, 0.05) is 72.3 Å². The number of pyridine rings is 2. The highest BCUT2D eigenvalue weighted by atomic mass is 35.5. The molecular formula is C36H39Cl2N5O5. The average molecular weight is 693 g/mol. The summed E-state index contributed by atoms with van der Waals surface area (Å²) in [5.41, 5.74) is 5.79. The molecule has 0 fully saturated rings. The SMILES string of the molecule is COc1nc(-c2cccc(-c3ccnc(-c4ccc5c(c4)CN(CCNC(=O)OC(C)(C)C)C5=O)c3Cl)c2Cl)ccc1CNC[C@H](C)O. The van der Waals surface area contributed by atoms with Crippen molar-refractivity contribution in [2.75, 3.05) is 26.7 Å². The molecule has 2 aromatic carbocycles. The van der Waals surface area contributed by atoms with Crippen molar-refractivity contribution in [1.29, 1.82) is 0 Å². The lowest BCUT2D eigenvalue weighted by Crippen LogP contribution is -2.38. The Morgan fingerprint density at radius 3 is 2.52 bits per heavy atom. The Balaban J connectivity index is 1.36. The van der Waals surface area contributed by atoms with Crippen molar-refractivity contribution < 1.29 is 24.2 Å². The van der Waals surface area contributed by atoms with Crippen molar-refractivity contribution in [1.82, 2.24) is 25.5 Å². The average Bonchev–Trinajstić information content (AvgIpc) is 3.34. The summed E-state index contributed by atoms with van der Waals surface area (Å²) in [6, 6.07) is 16.9. The second-order valence-corrected chi connectivity index (χ2v) is 13.3. The zero-order valence-electron chi connectivity index (χ0n) is 27.6. The zero-order chi connectivity index (χ0) is 34.6. The van der Waals surface area contributed by atoms with Gasteiger partial charge in [-0.2, -0.15) is 0 Å². The van der Waals surface area contributed by atoms with Gasteiger partial charge in [0.1, 0.15) is 5.60 Å². The number of hydrogen-bond acceptors (Lipinski definition) is 8. The third kappa shape index (κ3) is 8.07. The smallest absolute Gasteiger partial charge is 0.407 e. The van der Waals surface area contributed by atoms with E-state index in [4.69, 9.17) is 37.7 Å². The molecule has 2 amide bonds. The molecule has 10 nitrogen and oxygen atoms in total. The topological polar surface area (TPSA) is 126 Å². The second kappa shape index (κ2) is 14.9. The van der Waals surface area contributed by atoms with Crippen molar-refractivity contribution in [2.45, 2.75) is 52.5 Å². The fourth-order valence-electron chi connectivity index (χ4n) is 5.45. The molecule has 0 saturated heterocycles. The van der Waals surface area contributed by atoms with Crippen LogP contribution in [0.15, 0.2) is 60.8 Å². The van der Waals surface area contributed by atoms with Crippen LogP contribution in [0, 0.1) is 0 Å². The number of alkyl carbamates (subject to hydrolysis) is 1. The summed E-state index contributed by atoms with van der Waals surface area (Å²) in [7, 11) is 1.57. The molecule has 0 aliphatic carbocycles. The normalized spacial score (nSPS) is 13.3. The van der Waals surface area contributed by atoms with E-state index in [1.807, 2.05) is 48.5 Å². The van der Waals surface area contributed by atoms with Crippen LogP contribution in [0.2, 0.25) is 10.0 Å². The lowest BCUT2D eigenvalue weighted by atomic mass is 9.98. The Hall–Kier alpha value is -4.22. The van der Waals surface area contributed by atoms with Crippen molar-refractivity contribution in [3.05, 3.63) is 87.5 Å². The molecule has 0 saturated carbocycles. The number of nitrogens with zero attached hydrogens (tertiary/aromatic N) is 3. The Bertz CT molecular complexity index is 1830. The lowest BCUT2D eigenvalue weighted by Gasteiger charge is -2.21. The number of carbonyl (C=O) groups is 2. The van der Waals surface area contributed by atoms with Crippen molar-refractivity contribution in [3.8, 4) is 39.5 Å². The van der Waals surface area contributed by atoms with Crippen LogP contribution < -0.4 is 15.4 Å². The standard InChI is InChI=1S/C36H39Cl2N5O5/c1-21(44)18-39-19-23-10-12-29(42-33(23)47-5)28-8-6-7-26(30(28)37)27-13-14-40-32(31(27)38)22-9-11-25-24(17-22)20-43(34(25)45)16-15-41-35(46)48-36(2,3)4/h6-14,17,21,39,44H,15-16,18-20H2,1-5H3,(H,41,46)/t21-/m0/s1. The number of benzene rings is 2. The minimum atomic E-state index is -0.600. The van der Waals surface area contributed by atoms with Gasteiger partial charge in [-0.05, 0) is 57.5 Å². The number of ether oxygens (including phenoxy) is 2. The van der Waals surface area contributed by atoms with Gasteiger partial charge in [0.2, 0.25) is 5.88 Å². The molecule has 0 radical (unpaired) electrons. The van der Waals surface area contributed by atoms with Crippen LogP contribution in [0.3, 0.4) is 0 Å². The van der Waals surface area contributed by atoms with Gasteiger partial charge in [0.15, 0.2) is 0 Å². The molecule has 0 spiro atoms. The molecular weight excluding hydrogens is 653 g/mol. The van der Waals surface area contributed by atoms with Crippen LogP contribution in [-0.2, 0) is 17.8 Å².